The summed E-state index contributed by atoms with van der Waals surface area (Å²) in [6, 6.07) is 6.21. The number of rotatable bonds is 10. The van der Waals surface area contributed by atoms with E-state index in [0.717, 1.165) is 80.9 Å². The van der Waals surface area contributed by atoms with Crippen molar-refractivity contribution in [2.24, 2.45) is 5.41 Å². The van der Waals surface area contributed by atoms with Crippen LogP contribution in [-0.4, -0.2) is 104 Å². The second kappa shape index (κ2) is 17.5. The summed E-state index contributed by atoms with van der Waals surface area (Å²) in [6.07, 6.45) is 5.90. The van der Waals surface area contributed by atoms with E-state index in [4.69, 9.17) is 26.1 Å². The van der Waals surface area contributed by atoms with Gasteiger partial charge in [-0.15, -0.1) is 10.2 Å². The molecule has 1 aliphatic carbocycles. The van der Waals surface area contributed by atoms with Crippen LogP contribution in [0.5, 0.6) is 17.4 Å². The number of hydrogen-bond acceptors (Lipinski definition) is 9. The molecule has 1 unspecified atom stereocenters. The molecule has 1 saturated carbocycles. The van der Waals surface area contributed by atoms with E-state index in [9.17, 15) is 9.18 Å². The van der Waals surface area contributed by atoms with E-state index in [-0.39, 0.29) is 45.9 Å². The number of fused-ring (bicyclic) bond motifs is 1. The van der Waals surface area contributed by atoms with Gasteiger partial charge in [0, 0.05) is 12.6 Å². The molecule has 0 bridgehead atoms. The molecule has 49 heavy (non-hydrogen) atoms. The molecule has 2 aliphatic heterocycles. The van der Waals surface area contributed by atoms with Crippen LogP contribution >= 0.6 is 11.6 Å². The molecule has 3 aliphatic rings. The van der Waals surface area contributed by atoms with Crippen molar-refractivity contribution in [3.05, 3.63) is 58.4 Å². The monoisotopic (exact) mass is 890 g/mol. The quantitative estimate of drug-likeness (QED) is 0.195. The Hall–Kier alpha value is -2.65. The minimum absolute atomic E-state index is 0.00257. The van der Waals surface area contributed by atoms with Crippen LogP contribution in [0.3, 0.4) is 0 Å². The van der Waals surface area contributed by atoms with Crippen LogP contribution in [0.1, 0.15) is 102 Å². The molecule has 10 nitrogen and oxygen atoms in total. The summed E-state index contributed by atoms with van der Waals surface area (Å²) in [7, 11) is 0. The van der Waals surface area contributed by atoms with E-state index in [1.165, 1.54) is 29.5 Å². The number of carbonyl (C=O) groups excluding carboxylic acids is 1. The van der Waals surface area contributed by atoms with Gasteiger partial charge in [0.05, 0.1) is 5.56 Å². The van der Waals surface area contributed by atoms with Gasteiger partial charge in [-0.25, -0.2) is 4.39 Å². The minimum atomic E-state index is -0.528. The Morgan fingerprint density at radius 1 is 1.12 bits per heavy atom. The van der Waals surface area contributed by atoms with Crippen LogP contribution in [0.4, 0.5) is 10.2 Å². The first-order valence-electron chi connectivity index (χ1n) is 17.6. The average Bonchev–Trinajstić information content (AvgIpc) is 3.08. The number of benzene rings is 1. The van der Waals surface area contributed by atoms with Crippen molar-refractivity contribution >= 4 is 49.1 Å². The first-order chi connectivity index (χ1) is 23.6. The number of hydrogen-bond donors (Lipinski definition) is 0. The zero-order valence-electron chi connectivity index (χ0n) is 30.1. The first-order valence-corrected chi connectivity index (χ1v) is 20.7. The Balaban J connectivity index is 0.00000130. The van der Waals surface area contributed by atoms with E-state index in [1.807, 2.05) is 60.7 Å². The maximum atomic E-state index is 14.3. The SMILES string of the molecule is CC.CC.CCC1c2c(OC3CC4(C3)CN(c3nc(Cl)nnc3Oc3ccc(F)cc3C(=O)N(CC)C(C)C)C4)ccnc2CCN1[CH2][Pb]. The number of nitrogens with zero attached hydrogens (tertiary/aromatic N) is 7. The second-order valence-corrected chi connectivity index (χ2v) is 14.0. The van der Waals surface area contributed by atoms with E-state index < -0.39 is 5.82 Å². The van der Waals surface area contributed by atoms with Gasteiger partial charge in [-0.3, -0.25) is 4.79 Å². The molecule has 3 radical (unpaired) electrons. The van der Waals surface area contributed by atoms with Gasteiger partial charge in [0.2, 0.25) is 5.28 Å². The van der Waals surface area contributed by atoms with E-state index in [0.29, 0.717) is 18.4 Å². The van der Waals surface area contributed by atoms with Crippen molar-refractivity contribution in [1.82, 2.24) is 30.0 Å². The number of amides is 1. The molecule has 13 heteroatoms. The number of ether oxygens (including phenoxy) is 2. The third-order valence-corrected chi connectivity index (χ3v) is 11.0. The Kier molecular flexibility index (Phi) is 14.0. The second-order valence-electron chi connectivity index (χ2n) is 12.5. The molecule has 1 aromatic carbocycles. The molecule has 4 heterocycles. The maximum absolute atomic E-state index is 14.3. The van der Waals surface area contributed by atoms with Gasteiger partial charge in [-0.2, -0.15) is 4.98 Å². The summed E-state index contributed by atoms with van der Waals surface area (Å²) in [5, 5.41) is 8.06. The summed E-state index contributed by atoms with van der Waals surface area (Å²) in [5.74, 6) is 0.871. The number of pyridine rings is 1. The zero-order valence-corrected chi connectivity index (χ0v) is 34.7. The molecule has 1 amide bonds. The first kappa shape index (κ1) is 39.1. The molecule has 0 N–H and O–H groups in total. The summed E-state index contributed by atoms with van der Waals surface area (Å²) in [6.45, 7) is 19.0. The molecule has 265 valence electrons. The van der Waals surface area contributed by atoms with Crippen LogP contribution < -0.4 is 14.4 Å². The van der Waals surface area contributed by atoms with E-state index in [2.05, 4.69) is 31.9 Å². The summed E-state index contributed by atoms with van der Waals surface area (Å²) in [5.41, 5.74) is 2.66. The summed E-state index contributed by atoms with van der Waals surface area (Å²) in [4.78, 5) is 28.8. The van der Waals surface area contributed by atoms with Crippen LogP contribution in [0.2, 0.25) is 5.28 Å². The van der Waals surface area contributed by atoms with Crippen LogP contribution in [-0.2, 0) is 6.42 Å². The van der Waals surface area contributed by atoms with Crippen molar-refractivity contribution in [3.8, 4) is 17.4 Å². The summed E-state index contributed by atoms with van der Waals surface area (Å²) >= 11 is 7.32. The number of aromatic nitrogens is 4. The molecule has 1 atom stereocenters. The van der Waals surface area contributed by atoms with Crippen molar-refractivity contribution in [1.29, 1.82) is 0 Å². The Bertz CT molecular complexity index is 1570. The van der Waals surface area contributed by atoms with Crippen LogP contribution in [0.25, 0.3) is 0 Å². The van der Waals surface area contributed by atoms with Gasteiger partial charge in [0.1, 0.15) is 11.6 Å². The molecule has 3 aromatic rings. The topological polar surface area (TPSA) is 96.8 Å². The molecular formula is C36H50ClFN7O3Pb. The van der Waals surface area contributed by atoms with Gasteiger partial charge in [-0.05, 0) is 50.6 Å². The van der Waals surface area contributed by atoms with Crippen molar-refractivity contribution in [2.75, 3.05) is 35.2 Å². The molecule has 6 rings (SSSR count). The molecule has 2 fully saturated rings. The molecular weight excluding hydrogens is 840 g/mol. The van der Waals surface area contributed by atoms with Crippen LogP contribution in [0.15, 0.2) is 30.5 Å². The Labute approximate surface area is 311 Å². The normalized spacial score (nSPS) is 17.9. The zero-order chi connectivity index (χ0) is 35.9. The average molecular weight is 890 g/mol. The van der Waals surface area contributed by atoms with Gasteiger partial charge in [0.25, 0.3) is 11.8 Å². The fraction of sp³-hybridized carbons (Fsp3) is 0.583. The predicted molar refractivity (Wildman–Crippen MR) is 192 cm³/mol. The third-order valence-electron chi connectivity index (χ3n) is 9.22. The standard InChI is InChI=1S/C32H38ClFN7O3.2C2H6.Pb/c1-6-24-27-23(11-13-39(24)5)35-12-10-26(27)43-21-15-32(16-21)17-40(18-32)28-29(37-38-31(33)36-28)44-25-9-8-20(34)14-22(25)30(42)41(7-2)19(3)4;2*1-2;/h8-10,12,14,19,21,24H,5-7,11,13,15-18H2,1-4H3;2*1-2H3;. The Morgan fingerprint density at radius 2 is 1.84 bits per heavy atom. The van der Waals surface area contributed by atoms with Gasteiger partial charge in [-0.1, -0.05) is 27.7 Å². The van der Waals surface area contributed by atoms with E-state index in [1.54, 1.807) is 4.90 Å². The molecule has 1 saturated heterocycles. The molecule has 2 aromatic heterocycles. The van der Waals surface area contributed by atoms with Gasteiger partial charge < -0.3 is 9.64 Å². The van der Waals surface area contributed by atoms with Crippen molar-refractivity contribution < 1.29 is 18.7 Å². The van der Waals surface area contributed by atoms with Crippen molar-refractivity contribution in [3.63, 3.8) is 0 Å². The number of anilines is 1. The van der Waals surface area contributed by atoms with Crippen LogP contribution in [0, 0.1) is 11.2 Å². The number of halogens is 2. The fourth-order valence-electron chi connectivity index (χ4n) is 7.06. The predicted octanol–water partition coefficient (Wildman–Crippen LogP) is 7.26. The fourth-order valence-corrected chi connectivity index (χ4v) is 8.65. The van der Waals surface area contributed by atoms with Crippen molar-refractivity contribution in [2.45, 2.75) is 99.3 Å². The van der Waals surface area contributed by atoms with E-state index >= 15 is 0 Å². The Morgan fingerprint density at radius 3 is 2.47 bits per heavy atom. The molecule has 1 spiro atoms. The van der Waals surface area contributed by atoms with Gasteiger partial charge >= 0.3 is 154 Å². The number of carbonyl (C=O) groups is 1. The third kappa shape index (κ3) is 8.46. The van der Waals surface area contributed by atoms with Gasteiger partial charge in [0.15, 0.2) is 0 Å². The summed E-state index contributed by atoms with van der Waals surface area (Å²) < 4.78 is 28.2.